The first-order chi connectivity index (χ1) is 15.0. The highest BCUT2D eigenvalue weighted by atomic mass is 35.5. The van der Waals surface area contributed by atoms with Crippen molar-refractivity contribution in [3.05, 3.63) is 70.8 Å². The van der Waals surface area contributed by atoms with Crippen LogP contribution in [0.3, 0.4) is 0 Å². The van der Waals surface area contributed by atoms with E-state index in [1.54, 1.807) is 36.1 Å². The largest absolute Gasteiger partial charge is 0.389 e. The summed E-state index contributed by atoms with van der Waals surface area (Å²) >= 11 is 0. The molecule has 3 N–H and O–H groups in total. The molecule has 0 bridgehead atoms. The number of nitrogens with zero attached hydrogens (tertiary/aromatic N) is 1. The fourth-order valence-electron chi connectivity index (χ4n) is 4.16. The molecule has 0 saturated carbocycles. The van der Waals surface area contributed by atoms with Crippen LogP contribution in [0.2, 0.25) is 0 Å². The second-order valence-electron chi connectivity index (χ2n) is 8.19. The number of carbonyl (C=O) groups is 2. The number of aliphatic hydroxyl groups excluding tert-OH is 1. The SMILES string of the molecule is CC(NC(=O)c1ccc(C(=O)N2CCOCC2)cc1)[C@@H](O)C1Cc2ccccc2CN1.Cl. The molecule has 2 aromatic carbocycles. The third kappa shape index (κ3) is 5.48. The van der Waals surface area contributed by atoms with Crippen molar-refractivity contribution in [1.82, 2.24) is 15.5 Å². The standard InChI is InChI=1S/C24H29N3O4.ClH/c1-16(22(28)21-14-19-4-2-3-5-20(19)15-25-21)26-23(29)17-6-8-18(9-7-17)24(30)27-10-12-31-13-11-27;/h2-9,16,21-22,25,28H,10-15H2,1H3,(H,26,29);1H/t16?,21?,22-;/m1./s1. The van der Waals surface area contributed by atoms with Crippen LogP contribution in [0, 0.1) is 0 Å². The van der Waals surface area contributed by atoms with Crippen molar-refractivity contribution < 1.29 is 19.4 Å². The molecule has 2 aliphatic heterocycles. The number of ether oxygens (including phenoxy) is 1. The van der Waals surface area contributed by atoms with Gasteiger partial charge in [-0.15, -0.1) is 12.4 Å². The van der Waals surface area contributed by atoms with Crippen molar-refractivity contribution in [2.24, 2.45) is 0 Å². The highest BCUT2D eigenvalue weighted by Crippen LogP contribution is 2.19. The lowest BCUT2D eigenvalue weighted by Crippen LogP contribution is -2.53. The number of amides is 2. The van der Waals surface area contributed by atoms with Crippen LogP contribution in [-0.4, -0.2) is 66.3 Å². The minimum Gasteiger partial charge on any atom is -0.389 e. The van der Waals surface area contributed by atoms with Crippen molar-refractivity contribution in [1.29, 1.82) is 0 Å². The Kier molecular flexibility index (Phi) is 8.26. The van der Waals surface area contributed by atoms with E-state index in [0.29, 0.717) is 44.0 Å². The van der Waals surface area contributed by atoms with Gasteiger partial charge in [-0.05, 0) is 48.7 Å². The van der Waals surface area contributed by atoms with Gasteiger partial charge in [-0.25, -0.2) is 0 Å². The van der Waals surface area contributed by atoms with E-state index in [1.807, 2.05) is 12.1 Å². The smallest absolute Gasteiger partial charge is 0.254 e. The van der Waals surface area contributed by atoms with Crippen LogP contribution in [0.25, 0.3) is 0 Å². The summed E-state index contributed by atoms with van der Waals surface area (Å²) in [6, 6.07) is 14.3. The number of nitrogens with one attached hydrogen (secondary N) is 2. The molecule has 2 aliphatic rings. The second kappa shape index (κ2) is 10.9. The number of fused-ring (bicyclic) bond motifs is 1. The second-order valence-corrected chi connectivity index (χ2v) is 8.19. The summed E-state index contributed by atoms with van der Waals surface area (Å²) in [6.07, 6.45) is -0.00455. The zero-order chi connectivity index (χ0) is 21.8. The minimum atomic E-state index is -0.723. The Morgan fingerprint density at radius 3 is 2.38 bits per heavy atom. The molecule has 1 fully saturated rings. The molecule has 0 radical (unpaired) electrons. The maximum absolute atomic E-state index is 12.7. The predicted octanol–water partition coefficient (Wildman–Crippen LogP) is 1.77. The van der Waals surface area contributed by atoms with E-state index in [0.717, 1.165) is 6.42 Å². The quantitative estimate of drug-likeness (QED) is 0.634. The number of hydrogen-bond acceptors (Lipinski definition) is 5. The Bertz CT molecular complexity index is 931. The number of morpholine rings is 1. The first kappa shape index (κ1) is 24.2. The monoisotopic (exact) mass is 459 g/mol. The number of halogens is 1. The van der Waals surface area contributed by atoms with Crippen LogP contribution in [0.15, 0.2) is 48.5 Å². The minimum absolute atomic E-state index is 0. The van der Waals surface area contributed by atoms with Gasteiger partial charge in [-0.3, -0.25) is 9.59 Å². The van der Waals surface area contributed by atoms with Gasteiger partial charge in [-0.1, -0.05) is 24.3 Å². The van der Waals surface area contributed by atoms with Crippen LogP contribution in [0.1, 0.15) is 38.8 Å². The molecule has 0 aliphatic carbocycles. The average molecular weight is 460 g/mol. The summed E-state index contributed by atoms with van der Waals surface area (Å²) in [4.78, 5) is 27.0. The number of rotatable bonds is 5. The number of hydrogen-bond donors (Lipinski definition) is 3. The Morgan fingerprint density at radius 1 is 1.06 bits per heavy atom. The maximum atomic E-state index is 12.7. The van der Waals surface area contributed by atoms with E-state index in [4.69, 9.17) is 4.74 Å². The Labute approximate surface area is 194 Å². The topological polar surface area (TPSA) is 90.9 Å². The Balaban J connectivity index is 0.00000289. The molecule has 0 aromatic heterocycles. The zero-order valence-electron chi connectivity index (χ0n) is 18.1. The molecule has 1 saturated heterocycles. The lowest BCUT2D eigenvalue weighted by molar-refractivity contribution is 0.0303. The van der Waals surface area contributed by atoms with E-state index in [1.165, 1.54) is 11.1 Å². The summed E-state index contributed by atoms with van der Waals surface area (Å²) in [5.74, 6) is -0.323. The van der Waals surface area contributed by atoms with Crippen LogP contribution >= 0.6 is 12.4 Å². The van der Waals surface area contributed by atoms with Gasteiger partial charge in [-0.2, -0.15) is 0 Å². The fraction of sp³-hybridized carbons (Fsp3) is 0.417. The van der Waals surface area contributed by atoms with Crippen molar-refractivity contribution in [3.8, 4) is 0 Å². The molecule has 7 nitrogen and oxygen atoms in total. The molecule has 4 rings (SSSR count). The van der Waals surface area contributed by atoms with Gasteiger partial charge in [0.1, 0.15) is 0 Å². The third-order valence-electron chi connectivity index (χ3n) is 6.09. The number of benzene rings is 2. The van der Waals surface area contributed by atoms with Crippen LogP contribution < -0.4 is 10.6 Å². The molecule has 0 spiro atoms. The molecule has 2 aromatic rings. The lowest BCUT2D eigenvalue weighted by atomic mass is 9.90. The van der Waals surface area contributed by atoms with Gasteiger partial charge in [0, 0.05) is 36.8 Å². The predicted molar refractivity (Wildman–Crippen MR) is 124 cm³/mol. The van der Waals surface area contributed by atoms with Gasteiger partial charge in [0.25, 0.3) is 11.8 Å². The lowest BCUT2D eigenvalue weighted by Gasteiger charge is -2.33. The summed E-state index contributed by atoms with van der Waals surface area (Å²) < 4.78 is 5.28. The van der Waals surface area contributed by atoms with Gasteiger partial charge >= 0.3 is 0 Å². The molecule has 2 unspecified atom stereocenters. The first-order valence-corrected chi connectivity index (χ1v) is 10.8. The molecule has 8 heteroatoms. The van der Waals surface area contributed by atoms with Crippen LogP contribution in [0.4, 0.5) is 0 Å². The normalized spacial score (nSPS) is 19.8. The van der Waals surface area contributed by atoms with E-state index >= 15 is 0 Å². The van der Waals surface area contributed by atoms with Crippen molar-refractivity contribution in [2.75, 3.05) is 26.3 Å². The van der Waals surface area contributed by atoms with E-state index in [9.17, 15) is 14.7 Å². The van der Waals surface area contributed by atoms with Crippen LogP contribution in [-0.2, 0) is 17.7 Å². The van der Waals surface area contributed by atoms with Gasteiger partial charge in [0.15, 0.2) is 0 Å². The summed E-state index contributed by atoms with van der Waals surface area (Å²) in [5.41, 5.74) is 3.48. The zero-order valence-corrected chi connectivity index (χ0v) is 18.9. The van der Waals surface area contributed by atoms with Crippen molar-refractivity contribution in [3.63, 3.8) is 0 Å². The van der Waals surface area contributed by atoms with Crippen LogP contribution in [0.5, 0.6) is 0 Å². The van der Waals surface area contributed by atoms with E-state index in [2.05, 4.69) is 22.8 Å². The third-order valence-corrected chi connectivity index (χ3v) is 6.09. The average Bonchev–Trinajstić information content (AvgIpc) is 2.83. The molecule has 32 heavy (non-hydrogen) atoms. The van der Waals surface area contributed by atoms with Gasteiger partial charge in [0.05, 0.1) is 25.4 Å². The van der Waals surface area contributed by atoms with Crippen molar-refractivity contribution >= 4 is 24.2 Å². The van der Waals surface area contributed by atoms with Crippen molar-refractivity contribution in [2.45, 2.75) is 38.1 Å². The number of aliphatic hydroxyl groups is 1. The summed E-state index contributed by atoms with van der Waals surface area (Å²) in [6.45, 7) is 4.77. The summed E-state index contributed by atoms with van der Waals surface area (Å²) in [5, 5.41) is 17.0. The molecule has 2 heterocycles. The van der Waals surface area contributed by atoms with E-state index in [-0.39, 0.29) is 30.3 Å². The van der Waals surface area contributed by atoms with E-state index < -0.39 is 12.1 Å². The first-order valence-electron chi connectivity index (χ1n) is 10.8. The fourth-order valence-corrected chi connectivity index (χ4v) is 4.16. The maximum Gasteiger partial charge on any atom is 0.254 e. The number of carbonyl (C=O) groups excluding carboxylic acids is 2. The molecular formula is C24H30ClN3O4. The molecule has 3 atom stereocenters. The van der Waals surface area contributed by atoms with Gasteiger partial charge in [0.2, 0.25) is 0 Å². The molecule has 172 valence electrons. The highest BCUT2D eigenvalue weighted by Gasteiger charge is 2.29. The van der Waals surface area contributed by atoms with Gasteiger partial charge < -0.3 is 25.4 Å². The summed E-state index contributed by atoms with van der Waals surface area (Å²) in [7, 11) is 0. The Hall–Kier alpha value is -2.45. The molecular weight excluding hydrogens is 430 g/mol. The highest BCUT2D eigenvalue weighted by molar-refractivity contribution is 5.98. The Morgan fingerprint density at radius 2 is 1.69 bits per heavy atom. The molecule has 2 amide bonds.